The molecular weight excluding hydrogens is 311 g/mol. The van der Waals surface area contributed by atoms with Gasteiger partial charge < -0.3 is 14.5 Å². The maximum atomic E-state index is 12.8. The van der Waals surface area contributed by atoms with Crippen LogP contribution >= 0.6 is 0 Å². The molecule has 0 fully saturated rings. The highest BCUT2D eigenvalue weighted by Gasteiger charge is 2.07. The summed E-state index contributed by atoms with van der Waals surface area (Å²) in [5.41, 5.74) is 1.39. The predicted molar refractivity (Wildman–Crippen MR) is 86.2 cm³/mol. The van der Waals surface area contributed by atoms with Crippen molar-refractivity contribution in [3.8, 4) is 17.1 Å². The van der Waals surface area contributed by atoms with E-state index in [-0.39, 0.29) is 11.7 Å². The number of hydrogen-bond acceptors (Lipinski definition) is 4. The highest BCUT2D eigenvalue weighted by molar-refractivity contribution is 5.94. The Hall–Kier alpha value is -3.15. The van der Waals surface area contributed by atoms with E-state index in [1.165, 1.54) is 18.5 Å². The van der Waals surface area contributed by atoms with Gasteiger partial charge in [-0.15, -0.1) is 0 Å². The molecule has 0 saturated heterocycles. The molecule has 6 heteroatoms. The van der Waals surface area contributed by atoms with Gasteiger partial charge in [-0.25, -0.2) is 9.37 Å². The van der Waals surface area contributed by atoms with Crippen molar-refractivity contribution >= 4 is 5.91 Å². The van der Waals surface area contributed by atoms with Gasteiger partial charge in [0.2, 0.25) is 0 Å². The molecule has 1 amide bonds. The topological polar surface area (TPSA) is 64.4 Å². The zero-order valence-corrected chi connectivity index (χ0v) is 12.7. The van der Waals surface area contributed by atoms with Gasteiger partial charge in [0.1, 0.15) is 18.2 Å². The number of carbonyl (C=O) groups is 1. The van der Waals surface area contributed by atoms with Crippen molar-refractivity contribution in [1.29, 1.82) is 0 Å². The van der Waals surface area contributed by atoms with Crippen LogP contribution in [0.4, 0.5) is 4.39 Å². The summed E-state index contributed by atoms with van der Waals surface area (Å²) in [6.07, 6.45) is 2.97. The van der Waals surface area contributed by atoms with Crippen LogP contribution in [0, 0.1) is 5.82 Å². The third-order valence-corrected chi connectivity index (χ3v) is 3.33. The molecule has 0 spiro atoms. The number of ether oxygens (including phenoxy) is 1. The second kappa shape index (κ2) is 7.41. The zero-order chi connectivity index (χ0) is 16.8. The summed E-state index contributed by atoms with van der Waals surface area (Å²) in [5.74, 6) is 0.697. The smallest absolute Gasteiger partial charge is 0.251 e. The van der Waals surface area contributed by atoms with Gasteiger partial charge in [-0.3, -0.25) is 4.79 Å². The summed E-state index contributed by atoms with van der Waals surface area (Å²) in [7, 11) is 0. The Kier molecular flexibility index (Phi) is 4.86. The minimum absolute atomic E-state index is 0.193. The number of oxazole rings is 1. The maximum absolute atomic E-state index is 12.8. The molecule has 0 aliphatic carbocycles. The van der Waals surface area contributed by atoms with Gasteiger partial charge in [0.25, 0.3) is 5.91 Å². The van der Waals surface area contributed by atoms with Crippen LogP contribution in [0.1, 0.15) is 10.4 Å². The van der Waals surface area contributed by atoms with Crippen molar-refractivity contribution in [3.05, 3.63) is 72.5 Å². The van der Waals surface area contributed by atoms with Crippen LogP contribution in [-0.4, -0.2) is 24.0 Å². The van der Waals surface area contributed by atoms with Crippen molar-refractivity contribution in [3.63, 3.8) is 0 Å². The van der Waals surface area contributed by atoms with Gasteiger partial charge in [0.15, 0.2) is 12.2 Å². The minimum Gasteiger partial charge on any atom is -0.492 e. The number of benzene rings is 2. The van der Waals surface area contributed by atoms with E-state index >= 15 is 0 Å². The lowest BCUT2D eigenvalue weighted by molar-refractivity contribution is 0.0947. The molecule has 0 bridgehead atoms. The molecule has 24 heavy (non-hydrogen) atoms. The Morgan fingerprint density at radius 1 is 1.12 bits per heavy atom. The Balaban J connectivity index is 1.47. The molecule has 1 aromatic heterocycles. The van der Waals surface area contributed by atoms with Gasteiger partial charge in [0, 0.05) is 11.1 Å². The van der Waals surface area contributed by atoms with Crippen molar-refractivity contribution < 1.29 is 18.3 Å². The predicted octanol–water partition coefficient (Wildman–Crippen LogP) is 3.29. The number of nitrogens with one attached hydrogen (secondary N) is 1. The molecule has 0 atom stereocenters. The number of nitrogens with zero attached hydrogens (tertiary/aromatic N) is 1. The zero-order valence-electron chi connectivity index (χ0n) is 12.7. The third-order valence-electron chi connectivity index (χ3n) is 3.33. The summed E-state index contributed by atoms with van der Waals surface area (Å²) in [6.45, 7) is 0.646. The fraction of sp³-hybridized carbons (Fsp3) is 0.111. The summed E-state index contributed by atoms with van der Waals surface area (Å²) < 4.78 is 23.4. The summed E-state index contributed by atoms with van der Waals surface area (Å²) in [5, 5.41) is 2.76. The Morgan fingerprint density at radius 2 is 1.88 bits per heavy atom. The SMILES string of the molecule is O=C(NCCOc1ccc(F)cc1)c1ccc(-c2cnco2)cc1. The third kappa shape index (κ3) is 3.98. The molecule has 1 heterocycles. The highest BCUT2D eigenvalue weighted by atomic mass is 19.1. The van der Waals surface area contributed by atoms with E-state index in [9.17, 15) is 9.18 Å². The van der Waals surface area contributed by atoms with E-state index in [1.807, 2.05) is 0 Å². The summed E-state index contributed by atoms with van der Waals surface area (Å²) in [4.78, 5) is 15.9. The minimum atomic E-state index is -0.315. The molecule has 122 valence electrons. The first-order chi connectivity index (χ1) is 11.7. The lowest BCUT2D eigenvalue weighted by Gasteiger charge is -2.08. The molecular formula is C18H15FN2O3. The van der Waals surface area contributed by atoms with Crippen LogP contribution in [0.2, 0.25) is 0 Å². The molecule has 3 aromatic rings. The molecule has 3 rings (SSSR count). The molecule has 0 aliphatic rings. The van der Waals surface area contributed by atoms with Gasteiger partial charge in [-0.05, 0) is 36.4 Å². The van der Waals surface area contributed by atoms with Crippen LogP contribution in [0.15, 0.2) is 65.5 Å². The molecule has 5 nitrogen and oxygen atoms in total. The Labute approximate surface area is 138 Å². The Bertz CT molecular complexity index is 784. The highest BCUT2D eigenvalue weighted by Crippen LogP contribution is 2.18. The normalized spacial score (nSPS) is 10.4. The molecule has 1 N–H and O–H groups in total. The van der Waals surface area contributed by atoms with E-state index in [1.54, 1.807) is 42.6 Å². The quantitative estimate of drug-likeness (QED) is 0.706. The lowest BCUT2D eigenvalue weighted by atomic mass is 10.1. The lowest BCUT2D eigenvalue weighted by Crippen LogP contribution is -2.28. The van der Waals surface area contributed by atoms with E-state index in [0.29, 0.717) is 30.2 Å². The largest absolute Gasteiger partial charge is 0.492 e. The number of hydrogen-bond donors (Lipinski definition) is 1. The van der Waals surface area contributed by atoms with Crippen LogP contribution in [0.3, 0.4) is 0 Å². The number of amides is 1. The first kappa shape index (κ1) is 15.7. The van der Waals surface area contributed by atoms with Crippen LogP contribution < -0.4 is 10.1 Å². The van der Waals surface area contributed by atoms with E-state index < -0.39 is 0 Å². The maximum Gasteiger partial charge on any atom is 0.251 e. The average Bonchev–Trinajstić information content (AvgIpc) is 3.15. The van der Waals surface area contributed by atoms with Crippen molar-refractivity contribution in [2.45, 2.75) is 0 Å². The standard InChI is InChI=1S/C18H15FN2O3/c19-15-5-7-16(8-6-15)23-10-9-21-18(22)14-3-1-13(2-4-14)17-11-20-12-24-17/h1-8,11-12H,9-10H2,(H,21,22). The van der Waals surface area contributed by atoms with E-state index in [2.05, 4.69) is 10.3 Å². The second-order valence-electron chi connectivity index (χ2n) is 5.00. The van der Waals surface area contributed by atoms with Crippen LogP contribution in [-0.2, 0) is 0 Å². The van der Waals surface area contributed by atoms with Gasteiger partial charge in [-0.2, -0.15) is 0 Å². The van der Waals surface area contributed by atoms with E-state index in [4.69, 9.17) is 9.15 Å². The molecule has 0 aliphatic heterocycles. The van der Waals surface area contributed by atoms with Crippen LogP contribution in [0.25, 0.3) is 11.3 Å². The van der Waals surface area contributed by atoms with E-state index in [0.717, 1.165) is 5.56 Å². The fourth-order valence-electron chi connectivity index (χ4n) is 2.11. The number of halogens is 1. The summed E-state index contributed by atoms with van der Waals surface area (Å²) >= 11 is 0. The number of carbonyl (C=O) groups excluding carboxylic acids is 1. The Morgan fingerprint density at radius 3 is 2.54 bits per heavy atom. The second-order valence-corrected chi connectivity index (χ2v) is 5.00. The number of rotatable bonds is 6. The molecule has 0 saturated carbocycles. The first-order valence-corrected chi connectivity index (χ1v) is 7.38. The fourth-order valence-corrected chi connectivity index (χ4v) is 2.11. The van der Waals surface area contributed by atoms with Crippen molar-refractivity contribution in [2.75, 3.05) is 13.2 Å². The summed E-state index contributed by atoms with van der Waals surface area (Å²) in [6, 6.07) is 12.8. The monoisotopic (exact) mass is 326 g/mol. The average molecular weight is 326 g/mol. The molecule has 0 unspecified atom stereocenters. The molecule has 2 aromatic carbocycles. The van der Waals surface area contributed by atoms with Crippen molar-refractivity contribution in [2.24, 2.45) is 0 Å². The van der Waals surface area contributed by atoms with Gasteiger partial charge in [-0.1, -0.05) is 12.1 Å². The number of aromatic nitrogens is 1. The first-order valence-electron chi connectivity index (χ1n) is 7.38. The van der Waals surface area contributed by atoms with Gasteiger partial charge >= 0.3 is 0 Å². The van der Waals surface area contributed by atoms with Crippen LogP contribution in [0.5, 0.6) is 5.75 Å². The van der Waals surface area contributed by atoms with Crippen molar-refractivity contribution in [1.82, 2.24) is 10.3 Å². The molecule has 0 radical (unpaired) electrons. The van der Waals surface area contributed by atoms with Gasteiger partial charge in [0.05, 0.1) is 12.7 Å².